The summed E-state index contributed by atoms with van der Waals surface area (Å²) in [5, 5.41) is 16.7. The van der Waals surface area contributed by atoms with Crippen molar-refractivity contribution in [3.8, 4) is 5.69 Å². The highest BCUT2D eigenvalue weighted by molar-refractivity contribution is 6.30. The number of hydrogen-bond acceptors (Lipinski definition) is 3. The quantitative estimate of drug-likeness (QED) is 0.892. The number of amides is 2. The second-order valence-corrected chi connectivity index (χ2v) is 6.17. The van der Waals surface area contributed by atoms with Crippen LogP contribution in [0.2, 0.25) is 5.02 Å². The molecule has 126 valence electrons. The molecule has 1 aliphatic rings. The van der Waals surface area contributed by atoms with Gasteiger partial charge in [-0.3, -0.25) is 4.79 Å². The lowest BCUT2D eigenvalue weighted by Crippen LogP contribution is -2.33. The number of carbonyl (C=O) groups excluding carboxylic acids is 1. The fraction of sp³-hybridized carbons (Fsp3) is 0.312. The molecule has 2 aromatic rings. The van der Waals surface area contributed by atoms with Crippen LogP contribution < -0.4 is 5.32 Å². The minimum atomic E-state index is -0.864. The van der Waals surface area contributed by atoms with Crippen LogP contribution in [0.15, 0.2) is 30.5 Å². The third-order valence-corrected chi connectivity index (χ3v) is 4.40. The van der Waals surface area contributed by atoms with E-state index in [0.717, 1.165) is 11.4 Å². The lowest BCUT2D eigenvalue weighted by molar-refractivity contribution is -0.141. The van der Waals surface area contributed by atoms with Crippen LogP contribution in [0, 0.1) is 12.8 Å². The molecular weight excluding hydrogens is 332 g/mol. The minimum Gasteiger partial charge on any atom is -0.481 e. The lowest BCUT2D eigenvalue weighted by atomic mass is 10.1. The van der Waals surface area contributed by atoms with Crippen molar-refractivity contribution in [2.45, 2.75) is 13.3 Å². The Bertz CT molecular complexity index is 772. The third-order valence-electron chi connectivity index (χ3n) is 4.15. The molecule has 2 N–H and O–H groups in total. The first-order chi connectivity index (χ1) is 11.5. The van der Waals surface area contributed by atoms with Gasteiger partial charge >= 0.3 is 12.0 Å². The summed E-state index contributed by atoms with van der Waals surface area (Å²) >= 11 is 5.89. The van der Waals surface area contributed by atoms with Gasteiger partial charge in [-0.1, -0.05) is 11.6 Å². The second-order valence-electron chi connectivity index (χ2n) is 5.73. The van der Waals surface area contributed by atoms with Crippen LogP contribution in [0.4, 0.5) is 10.5 Å². The van der Waals surface area contributed by atoms with Gasteiger partial charge in [-0.25, -0.2) is 9.48 Å². The zero-order valence-electron chi connectivity index (χ0n) is 13.1. The predicted molar refractivity (Wildman–Crippen MR) is 89.6 cm³/mol. The number of anilines is 1. The number of rotatable bonds is 3. The number of carbonyl (C=O) groups is 2. The fourth-order valence-electron chi connectivity index (χ4n) is 2.72. The van der Waals surface area contributed by atoms with Crippen molar-refractivity contribution in [3.05, 3.63) is 41.2 Å². The van der Waals surface area contributed by atoms with Gasteiger partial charge in [-0.05, 0) is 37.6 Å². The number of aliphatic carboxylic acids is 1. The summed E-state index contributed by atoms with van der Waals surface area (Å²) in [5.74, 6) is -1.36. The van der Waals surface area contributed by atoms with E-state index in [2.05, 4.69) is 10.4 Å². The number of likely N-dealkylation sites (tertiary alicyclic amines) is 1. The van der Waals surface area contributed by atoms with Crippen LogP contribution >= 0.6 is 11.6 Å². The molecule has 1 aromatic heterocycles. The number of carboxylic acid groups (broad SMARTS) is 1. The normalized spacial score (nSPS) is 17.1. The molecule has 24 heavy (non-hydrogen) atoms. The smallest absolute Gasteiger partial charge is 0.321 e. The molecule has 1 aromatic carbocycles. The first-order valence-electron chi connectivity index (χ1n) is 7.55. The molecule has 0 radical (unpaired) electrons. The summed E-state index contributed by atoms with van der Waals surface area (Å²) in [6, 6.07) is 6.91. The van der Waals surface area contributed by atoms with Crippen molar-refractivity contribution in [1.82, 2.24) is 14.7 Å². The van der Waals surface area contributed by atoms with Crippen LogP contribution in [0.1, 0.15) is 12.1 Å². The van der Waals surface area contributed by atoms with Crippen molar-refractivity contribution in [1.29, 1.82) is 0 Å². The molecule has 0 aliphatic carbocycles. The lowest BCUT2D eigenvalue weighted by Gasteiger charge is -2.16. The molecule has 0 saturated carbocycles. The Morgan fingerprint density at radius 2 is 2.04 bits per heavy atom. The van der Waals surface area contributed by atoms with Gasteiger partial charge in [-0.2, -0.15) is 5.10 Å². The number of carboxylic acids is 1. The summed E-state index contributed by atoms with van der Waals surface area (Å²) < 4.78 is 1.70. The van der Waals surface area contributed by atoms with E-state index >= 15 is 0 Å². The summed E-state index contributed by atoms with van der Waals surface area (Å²) in [6.45, 7) is 2.51. The Morgan fingerprint density at radius 1 is 1.33 bits per heavy atom. The average Bonchev–Trinajstić information content (AvgIpc) is 3.17. The average molecular weight is 349 g/mol. The van der Waals surface area contributed by atoms with Crippen LogP contribution in [0.3, 0.4) is 0 Å². The molecule has 7 nitrogen and oxygen atoms in total. The molecule has 1 saturated heterocycles. The summed E-state index contributed by atoms with van der Waals surface area (Å²) in [5.41, 5.74) is 2.21. The Kier molecular flexibility index (Phi) is 4.44. The number of aromatic nitrogens is 2. The first kappa shape index (κ1) is 16.3. The predicted octanol–water partition coefficient (Wildman–Crippen LogP) is 2.77. The Hall–Kier alpha value is -2.54. The first-order valence-corrected chi connectivity index (χ1v) is 7.93. The maximum Gasteiger partial charge on any atom is 0.321 e. The maximum absolute atomic E-state index is 12.3. The van der Waals surface area contributed by atoms with E-state index < -0.39 is 11.9 Å². The van der Waals surface area contributed by atoms with E-state index in [-0.39, 0.29) is 12.6 Å². The Balaban J connectivity index is 1.71. The van der Waals surface area contributed by atoms with Gasteiger partial charge in [0.25, 0.3) is 0 Å². The minimum absolute atomic E-state index is 0.228. The number of nitrogens with zero attached hydrogens (tertiary/aromatic N) is 3. The molecule has 1 aliphatic heterocycles. The number of urea groups is 1. The standard InChI is InChI=1S/C16H17ClN4O3/c1-10-14(8-18-21(10)13-4-2-12(17)3-5-13)19-16(24)20-7-6-11(9-20)15(22)23/h2-5,8,11H,6-7,9H2,1H3,(H,19,24)(H,22,23). The van der Waals surface area contributed by atoms with Gasteiger partial charge in [0.2, 0.25) is 0 Å². The fourth-order valence-corrected chi connectivity index (χ4v) is 2.84. The van der Waals surface area contributed by atoms with Crippen LogP contribution in [0.25, 0.3) is 5.69 Å². The number of nitrogens with one attached hydrogen (secondary N) is 1. The van der Waals surface area contributed by atoms with E-state index in [1.54, 1.807) is 23.0 Å². The molecule has 2 heterocycles. The monoisotopic (exact) mass is 348 g/mol. The maximum atomic E-state index is 12.3. The number of halogens is 1. The van der Waals surface area contributed by atoms with Crippen molar-refractivity contribution in [2.75, 3.05) is 18.4 Å². The van der Waals surface area contributed by atoms with Gasteiger partial charge in [0.15, 0.2) is 0 Å². The number of benzene rings is 1. The molecule has 0 spiro atoms. The zero-order chi connectivity index (χ0) is 17.3. The van der Waals surface area contributed by atoms with Crippen molar-refractivity contribution >= 4 is 29.3 Å². The summed E-state index contributed by atoms with van der Waals surface area (Å²) in [6.07, 6.45) is 2.05. The van der Waals surface area contributed by atoms with E-state index in [0.29, 0.717) is 23.7 Å². The van der Waals surface area contributed by atoms with Gasteiger partial charge in [0.05, 0.1) is 29.2 Å². The van der Waals surface area contributed by atoms with E-state index in [1.807, 2.05) is 19.1 Å². The van der Waals surface area contributed by atoms with E-state index in [9.17, 15) is 9.59 Å². The molecule has 0 bridgehead atoms. The molecule has 1 unspecified atom stereocenters. The van der Waals surface area contributed by atoms with Crippen LogP contribution in [-0.4, -0.2) is 44.9 Å². The topological polar surface area (TPSA) is 87.5 Å². The van der Waals surface area contributed by atoms with Gasteiger partial charge < -0.3 is 15.3 Å². The highest BCUT2D eigenvalue weighted by Gasteiger charge is 2.31. The van der Waals surface area contributed by atoms with Crippen molar-refractivity contribution in [3.63, 3.8) is 0 Å². The number of hydrogen-bond donors (Lipinski definition) is 2. The summed E-state index contributed by atoms with van der Waals surface area (Å²) in [4.78, 5) is 24.8. The zero-order valence-corrected chi connectivity index (χ0v) is 13.8. The summed E-state index contributed by atoms with van der Waals surface area (Å²) in [7, 11) is 0. The highest BCUT2D eigenvalue weighted by Crippen LogP contribution is 2.22. The molecular formula is C16H17ClN4O3. The van der Waals surface area contributed by atoms with Gasteiger partial charge in [-0.15, -0.1) is 0 Å². The van der Waals surface area contributed by atoms with Crippen molar-refractivity contribution in [2.24, 2.45) is 5.92 Å². The largest absolute Gasteiger partial charge is 0.481 e. The van der Waals surface area contributed by atoms with Gasteiger partial charge in [0, 0.05) is 18.1 Å². The molecule has 1 fully saturated rings. The SMILES string of the molecule is Cc1c(NC(=O)N2CCC(C(=O)O)C2)cnn1-c1ccc(Cl)cc1. The molecule has 3 rings (SSSR count). The third kappa shape index (κ3) is 3.21. The van der Waals surface area contributed by atoms with Crippen LogP contribution in [-0.2, 0) is 4.79 Å². The van der Waals surface area contributed by atoms with E-state index in [4.69, 9.17) is 16.7 Å². The molecule has 1 atom stereocenters. The Morgan fingerprint density at radius 3 is 2.67 bits per heavy atom. The molecule has 8 heteroatoms. The molecule has 2 amide bonds. The van der Waals surface area contributed by atoms with E-state index in [1.165, 1.54) is 4.90 Å². The van der Waals surface area contributed by atoms with Crippen molar-refractivity contribution < 1.29 is 14.7 Å². The van der Waals surface area contributed by atoms with Crippen LogP contribution in [0.5, 0.6) is 0 Å². The second kappa shape index (κ2) is 6.52. The highest BCUT2D eigenvalue weighted by atomic mass is 35.5. The Labute approximate surface area is 143 Å². The van der Waals surface area contributed by atoms with Gasteiger partial charge in [0.1, 0.15) is 0 Å².